The van der Waals surface area contributed by atoms with Gasteiger partial charge in [0.1, 0.15) is 5.75 Å². The molecule has 1 aliphatic rings. The maximum absolute atomic E-state index is 13.2. The zero-order valence-electron chi connectivity index (χ0n) is 11.0. The third-order valence-corrected chi connectivity index (χ3v) is 3.42. The minimum Gasteiger partial charge on any atom is -0.493 e. The number of carbonyl (C=O) groups excluding carboxylic acids is 1. The molecular formula is C16H11F3O2. The van der Waals surface area contributed by atoms with E-state index in [0.29, 0.717) is 30.1 Å². The van der Waals surface area contributed by atoms with Crippen molar-refractivity contribution in [2.45, 2.75) is 12.8 Å². The quantitative estimate of drug-likeness (QED) is 0.623. The molecular weight excluding hydrogens is 281 g/mol. The predicted molar refractivity (Wildman–Crippen MR) is 70.0 cm³/mol. The highest BCUT2D eigenvalue weighted by atomic mass is 19.2. The van der Waals surface area contributed by atoms with Crippen molar-refractivity contribution in [1.29, 1.82) is 0 Å². The summed E-state index contributed by atoms with van der Waals surface area (Å²) in [5, 5.41) is 0. The van der Waals surface area contributed by atoms with Gasteiger partial charge in [0.15, 0.2) is 23.2 Å². The van der Waals surface area contributed by atoms with Gasteiger partial charge in [0.05, 0.1) is 6.61 Å². The zero-order valence-corrected chi connectivity index (χ0v) is 11.0. The van der Waals surface area contributed by atoms with E-state index in [0.717, 1.165) is 18.4 Å². The molecule has 21 heavy (non-hydrogen) atoms. The summed E-state index contributed by atoms with van der Waals surface area (Å²) in [5.74, 6) is -4.17. The predicted octanol–water partition coefficient (Wildman–Crippen LogP) is 3.66. The van der Waals surface area contributed by atoms with Crippen molar-refractivity contribution in [1.82, 2.24) is 0 Å². The van der Waals surface area contributed by atoms with Crippen molar-refractivity contribution in [3.63, 3.8) is 0 Å². The van der Waals surface area contributed by atoms with E-state index in [1.165, 1.54) is 6.07 Å². The van der Waals surface area contributed by atoms with Crippen LogP contribution in [0, 0.1) is 17.5 Å². The van der Waals surface area contributed by atoms with Gasteiger partial charge >= 0.3 is 0 Å². The molecule has 0 spiro atoms. The molecule has 0 bridgehead atoms. The SMILES string of the molecule is O=C(c1cc(F)c(F)c(F)c1)c1ccc2c(c1)CCCO2. The number of hydrogen-bond acceptors (Lipinski definition) is 2. The second kappa shape index (κ2) is 5.24. The summed E-state index contributed by atoms with van der Waals surface area (Å²) in [6.45, 7) is 0.634. The second-order valence-electron chi connectivity index (χ2n) is 4.86. The lowest BCUT2D eigenvalue weighted by atomic mass is 9.98. The maximum Gasteiger partial charge on any atom is 0.194 e. The lowest BCUT2D eigenvalue weighted by Crippen LogP contribution is -2.10. The van der Waals surface area contributed by atoms with Crippen LogP contribution in [0.2, 0.25) is 0 Å². The summed E-state index contributed by atoms with van der Waals surface area (Å²) < 4.78 is 44.8. The van der Waals surface area contributed by atoms with E-state index in [4.69, 9.17) is 4.74 Å². The molecule has 0 saturated heterocycles. The van der Waals surface area contributed by atoms with Gasteiger partial charge in [-0.3, -0.25) is 4.79 Å². The highest BCUT2D eigenvalue weighted by Crippen LogP contribution is 2.27. The average Bonchev–Trinajstić information content (AvgIpc) is 2.51. The van der Waals surface area contributed by atoms with E-state index >= 15 is 0 Å². The van der Waals surface area contributed by atoms with Crippen molar-refractivity contribution >= 4 is 5.78 Å². The lowest BCUT2D eigenvalue weighted by Gasteiger charge is -2.17. The standard InChI is InChI=1S/C16H11F3O2/c17-12-7-11(8-13(18)15(12)19)16(20)10-3-4-14-9(6-10)2-1-5-21-14/h3-4,6-8H,1-2,5H2. The molecule has 2 aromatic carbocycles. The summed E-state index contributed by atoms with van der Waals surface area (Å²) in [4.78, 5) is 12.3. The van der Waals surface area contributed by atoms with E-state index < -0.39 is 23.2 Å². The first-order valence-corrected chi connectivity index (χ1v) is 6.51. The largest absolute Gasteiger partial charge is 0.493 e. The van der Waals surface area contributed by atoms with Crippen molar-refractivity contribution in [2.75, 3.05) is 6.61 Å². The fourth-order valence-electron chi connectivity index (χ4n) is 2.35. The van der Waals surface area contributed by atoms with Crippen LogP contribution in [0.5, 0.6) is 5.75 Å². The Morgan fingerprint density at radius 2 is 1.71 bits per heavy atom. The van der Waals surface area contributed by atoms with Crippen LogP contribution in [-0.4, -0.2) is 12.4 Å². The molecule has 2 aromatic rings. The van der Waals surface area contributed by atoms with Gasteiger partial charge in [-0.1, -0.05) is 0 Å². The minimum atomic E-state index is -1.58. The van der Waals surface area contributed by atoms with Crippen molar-refractivity contribution < 1.29 is 22.7 Å². The van der Waals surface area contributed by atoms with E-state index in [1.807, 2.05) is 0 Å². The van der Waals surface area contributed by atoms with Gasteiger partial charge in [0.25, 0.3) is 0 Å². The third kappa shape index (κ3) is 2.51. The van der Waals surface area contributed by atoms with Crippen molar-refractivity contribution in [3.05, 3.63) is 64.5 Å². The highest BCUT2D eigenvalue weighted by molar-refractivity contribution is 6.09. The Morgan fingerprint density at radius 1 is 1.00 bits per heavy atom. The van der Waals surface area contributed by atoms with Gasteiger partial charge in [0, 0.05) is 11.1 Å². The van der Waals surface area contributed by atoms with Gasteiger partial charge in [-0.05, 0) is 48.7 Å². The van der Waals surface area contributed by atoms with Crippen LogP contribution in [0.4, 0.5) is 13.2 Å². The summed E-state index contributed by atoms with van der Waals surface area (Å²) in [5.41, 5.74) is 0.961. The minimum absolute atomic E-state index is 0.219. The Kier molecular flexibility index (Phi) is 3.41. The number of rotatable bonds is 2. The summed E-state index contributed by atoms with van der Waals surface area (Å²) in [7, 11) is 0. The van der Waals surface area contributed by atoms with E-state index in [-0.39, 0.29) is 5.56 Å². The molecule has 108 valence electrons. The normalized spacial score (nSPS) is 13.5. The molecule has 0 N–H and O–H groups in total. The first-order valence-electron chi connectivity index (χ1n) is 6.51. The molecule has 1 aliphatic heterocycles. The molecule has 0 amide bonds. The molecule has 0 atom stereocenters. The number of fused-ring (bicyclic) bond motifs is 1. The number of aryl methyl sites for hydroxylation is 1. The zero-order chi connectivity index (χ0) is 15.0. The molecule has 0 fully saturated rings. The van der Waals surface area contributed by atoms with Gasteiger partial charge in [-0.2, -0.15) is 0 Å². The van der Waals surface area contributed by atoms with Crippen LogP contribution in [0.3, 0.4) is 0 Å². The van der Waals surface area contributed by atoms with Crippen LogP contribution < -0.4 is 4.74 Å². The van der Waals surface area contributed by atoms with Gasteiger partial charge < -0.3 is 4.74 Å². The Labute approximate surface area is 119 Å². The summed E-state index contributed by atoms with van der Waals surface area (Å²) in [6.07, 6.45) is 1.63. The molecule has 0 aliphatic carbocycles. The summed E-state index contributed by atoms with van der Waals surface area (Å²) in [6, 6.07) is 6.26. The van der Waals surface area contributed by atoms with Gasteiger partial charge in [-0.25, -0.2) is 13.2 Å². The molecule has 2 nitrogen and oxygen atoms in total. The van der Waals surface area contributed by atoms with Crippen LogP contribution in [0.15, 0.2) is 30.3 Å². The Morgan fingerprint density at radius 3 is 2.43 bits per heavy atom. The first-order chi connectivity index (χ1) is 10.1. The number of benzene rings is 2. The number of carbonyl (C=O) groups is 1. The number of hydrogen-bond donors (Lipinski definition) is 0. The highest BCUT2D eigenvalue weighted by Gasteiger charge is 2.18. The van der Waals surface area contributed by atoms with Crippen LogP contribution in [0.25, 0.3) is 0 Å². The topological polar surface area (TPSA) is 26.3 Å². The fraction of sp³-hybridized carbons (Fsp3) is 0.188. The third-order valence-electron chi connectivity index (χ3n) is 3.42. The molecule has 5 heteroatoms. The molecule has 3 rings (SSSR count). The number of ketones is 1. The van der Waals surface area contributed by atoms with E-state index in [1.54, 1.807) is 12.1 Å². The van der Waals surface area contributed by atoms with Crippen molar-refractivity contribution in [2.24, 2.45) is 0 Å². The average molecular weight is 292 g/mol. The number of ether oxygens (including phenoxy) is 1. The Hall–Kier alpha value is -2.30. The number of halogens is 3. The molecule has 0 saturated carbocycles. The van der Waals surface area contributed by atoms with Crippen molar-refractivity contribution in [3.8, 4) is 5.75 Å². The second-order valence-corrected chi connectivity index (χ2v) is 4.86. The molecule has 0 radical (unpaired) electrons. The lowest BCUT2D eigenvalue weighted by molar-refractivity contribution is 0.103. The first kappa shape index (κ1) is 13.7. The molecule has 0 aromatic heterocycles. The molecule has 1 heterocycles. The monoisotopic (exact) mass is 292 g/mol. The Bertz CT molecular complexity index is 702. The van der Waals surface area contributed by atoms with Gasteiger partial charge in [-0.15, -0.1) is 0 Å². The van der Waals surface area contributed by atoms with E-state index in [2.05, 4.69) is 0 Å². The maximum atomic E-state index is 13.2. The molecule has 0 unspecified atom stereocenters. The Balaban J connectivity index is 1.99. The van der Waals surface area contributed by atoms with E-state index in [9.17, 15) is 18.0 Å². The smallest absolute Gasteiger partial charge is 0.194 e. The fourth-order valence-corrected chi connectivity index (χ4v) is 2.35. The van der Waals surface area contributed by atoms with Gasteiger partial charge in [0.2, 0.25) is 0 Å². The van der Waals surface area contributed by atoms with Crippen LogP contribution in [0.1, 0.15) is 27.9 Å². The van der Waals surface area contributed by atoms with Crippen LogP contribution in [-0.2, 0) is 6.42 Å². The van der Waals surface area contributed by atoms with Crippen LogP contribution >= 0.6 is 0 Å². The summed E-state index contributed by atoms with van der Waals surface area (Å²) >= 11 is 0.